The van der Waals surface area contributed by atoms with Gasteiger partial charge >= 0.3 is 5.97 Å². The highest BCUT2D eigenvalue weighted by Crippen LogP contribution is 2.20. The molecule has 4 aromatic rings. The number of aryl methyl sites for hydroxylation is 1. The van der Waals surface area contributed by atoms with Crippen molar-refractivity contribution in [2.24, 2.45) is 0 Å². The molecule has 0 amide bonds. The number of carbonyl (C=O) groups excluding carboxylic acids is 2. The molecular weight excluding hydrogens is 364 g/mol. The summed E-state index contributed by atoms with van der Waals surface area (Å²) in [5.41, 5.74) is 5.16. The Balaban J connectivity index is 1.43. The molecule has 0 radical (unpaired) electrons. The van der Waals surface area contributed by atoms with Crippen molar-refractivity contribution >= 4 is 22.8 Å². The maximum absolute atomic E-state index is 12.3. The Bertz CT molecular complexity index is 1180. The minimum atomic E-state index is -0.540. The molecule has 0 atom stereocenters. The maximum Gasteiger partial charge on any atom is 0.338 e. The van der Waals surface area contributed by atoms with Crippen LogP contribution in [0.15, 0.2) is 79.0 Å². The van der Waals surface area contributed by atoms with Gasteiger partial charge in [-0.15, -0.1) is 0 Å². The van der Waals surface area contributed by atoms with E-state index in [-0.39, 0.29) is 12.4 Å². The number of Topliss-reactive ketones (excluding diaryl/α,β-unsaturated/α-hetero) is 1. The molecule has 5 nitrogen and oxygen atoms in total. The van der Waals surface area contributed by atoms with Crippen LogP contribution in [0.25, 0.3) is 22.3 Å². The van der Waals surface area contributed by atoms with Crippen molar-refractivity contribution in [3.05, 3.63) is 95.7 Å². The molecule has 0 bridgehead atoms. The van der Waals surface area contributed by atoms with Crippen LogP contribution in [0.4, 0.5) is 0 Å². The Kier molecular flexibility index (Phi) is 5.12. The van der Waals surface area contributed by atoms with Crippen LogP contribution >= 0.6 is 0 Å². The van der Waals surface area contributed by atoms with Crippen molar-refractivity contribution < 1.29 is 14.3 Å². The summed E-state index contributed by atoms with van der Waals surface area (Å²) in [4.78, 5) is 33.4. The van der Waals surface area contributed by atoms with Gasteiger partial charge in [0.15, 0.2) is 12.4 Å². The van der Waals surface area contributed by atoms with Crippen LogP contribution in [0.5, 0.6) is 0 Å². The Morgan fingerprint density at radius 3 is 2.21 bits per heavy atom. The Hall–Kier alpha value is -3.86. The van der Waals surface area contributed by atoms with Crippen LogP contribution in [0.2, 0.25) is 0 Å². The molecule has 3 aromatic carbocycles. The molecule has 0 unspecified atom stereocenters. The van der Waals surface area contributed by atoms with Crippen molar-refractivity contribution in [1.29, 1.82) is 0 Å². The summed E-state index contributed by atoms with van der Waals surface area (Å²) in [6.45, 7) is 1.65. The fraction of sp³-hybridized carbons (Fsp3) is 0.0833. The first-order chi connectivity index (χ1) is 14.1. The quantitative estimate of drug-likeness (QED) is 0.371. The molecule has 0 spiro atoms. The second-order valence-corrected chi connectivity index (χ2v) is 6.69. The highest BCUT2D eigenvalue weighted by atomic mass is 16.5. The minimum Gasteiger partial charge on any atom is -0.454 e. The number of para-hydroxylation sites is 2. The number of ether oxygens (including phenoxy) is 1. The lowest BCUT2D eigenvalue weighted by Gasteiger charge is -2.06. The van der Waals surface area contributed by atoms with Gasteiger partial charge in [0.2, 0.25) is 0 Å². The Morgan fingerprint density at radius 1 is 0.828 bits per heavy atom. The smallest absolute Gasteiger partial charge is 0.338 e. The Labute approximate surface area is 168 Å². The van der Waals surface area contributed by atoms with E-state index in [9.17, 15) is 9.59 Å². The molecule has 0 saturated carbocycles. The average Bonchev–Trinajstić information content (AvgIpc) is 2.77. The maximum atomic E-state index is 12.3. The number of rotatable bonds is 5. The van der Waals surface area contributed by atoms with Gasteiger partial charge in [-0.3, -0.25) is 9.78 Å². The van der Waals surface area contributed by atoms with E-state index >= 15 is 0 Å². The summed E-state index contributed by atoms with van der Waals surface area (Å²) < 4.78 is 5.16. The van der Waals surface area contributed by atoms with E-state index in [0.717, 1.165) is 27.9 Å². The summed E-state index contributed by atoms with van der Waals surface area (Å²) in [7, 11) is 0. The molecule has 5 heteroatoms. The van der Waals surface area contributed by atoms with Crippen molar-refractivity contribution in [3.8, 4) is 11.3 Å². The summed E-state index contributed by atoms with van der Waals surface area (Å²) in [5.74, 6) is -0.775. The number of aromatic nitrogens is 2. The standard InChI is InChI=1S/C24H18N2O3/c1-16-6-8-18(9-7-16)23(27)15-29-24(28)19-12-10-17(11-13-19)22-14-25-20-4-2-3-5-21(20)26-22/h2-14H,15H2,1H3. The van der Waals surface area contributed by atoms with Crippen molar-refractivity contribution in [3.63, 3.8) is 0 Å². The van der Waals surface area contributed by atoms with Crippen LogP contribution in [0, 0.1) is 6.92 Å². The third kappa shape index (κ3) is 4.19. The zero-order valence-corrected chi connectivity index (χ0v) is 15.8. The highest BCUT2D eigenvalue weighted by Gasteiger charge is 2.12. The van der Waals surface area contributed by atoms with Gasteiger partial charge in [-0.25, -0.2) is 9.78 Å². The van der Waals surface area contributed by atoms with Gasteiger partial charge in [0, 0.05) is 11.1 Å². The van der Waals surface area contributed by atoms with E-state index in [1.807, 2.05) is 43.3 Å². The molecule has 1 aromatic heterocycles. The van der Waals surface area contributed by atoms with Crippen LogP contribution < -0.4 is 0 Å². The normalized spacial score (nSPS) is 10.7. The molecule has 0 N–H and O–H groups in total. The third-order valence-electron chi connectivity index (χ3n) is 4.57. The molecule has 0 fully saturated rings. The summed E-state index contributed by atoms with van der Waals surface area (Å²) in [5, 5.41) is 0. The van der Waals surface area contributed by atoms with Crippen LogP contribution in [0.1, 0.15) is 26.3 Å². The molecule has 0 saturated heterocycles. The monoisotopic (exact) mass is 382 g/mol. The number of benzene rings is 3. The van der Waals surface area contributed by atoms with E-state index < -0.39 is 5.97 Å². The molecule has 142 valence electrons. The molecule has 0 aliphatic rings. The number of ketones is 1. The second-order valence-electron chi connectivity index (χ2n) is 6.69. The van der Waals surface area contributed by atoms with E-state index in [1.165, 1.54) is 0 Å². The number of nitrogens with zero attached hydrogens (tertiary/aromatic N) is 2. The van der Waals surface area contributed by atoms with Crippen LogP contribution in [0.3, 0.4) is 0 Å². The number of hydrogen-bond acceptors (Lipinski definition) is 5. The first kappa shape index (κ1) is 18.5. The highest BCUT2D eigenvalue weighted by molar-refractivity contribution is 5.99. The lowest BCUT2D eigenvalue weighted by Crippen LogP contribution is -2.14. The number of fused-ring (bicyclic) bond motifs is 1. The molecule has 29 heavy (non-hydrogen) atoms. The van der Waals surface area contributed by atoms with Crippen LogP contribution in [-0.2, 0) is 4.74 Å². The average molecular weight is 382 g/mol. The predicted octanol–water partition coefficient (Wildman–Crippen LogP) is 4.64. The summed E-state index contributed by atoms with van der Waals surface area (Å²) >= 11 is 0. The number of carbonyl (C=O) groups is 2. The lowest BCUT2D eigenvalue weighted by atomic mass is 10.1. The van der Waals surface area contributed by atoms with Gasteiger partial charge in [0.1, 0.15) is 0 Å². The van der Waals surface area contributed by atoms with Crippen molar-refractivity contribution in [1.82, 2.24) is 9.97 Å². The fourth-order valence-electron chi connectivity index (χ4n) is 2.91. The van der Waals surface area contributed by atoms with Crippen LogP contribution in [-0.4, -0.2) is 28.3 Å². The van der Waals surface area contributed by atoms with Gasteiger partial charge in [0.05, 0.1) is 28.5 Å². The van der Waals surface area contributed by atoms with E-state index in [1.54, 1.807) is 42.6 Å². The predicted molar refractivity (Wildman–Crippen MR) is 111 cm³/mol. The SMILES string of the molecule is Cc1ccc(C(=O)COC(=O)c2ccc(-c3cnc4ccccc4n3)cc2)cc1. The van der Waals surface area contributed by atoms with Gasteiger partial charge in [-0.1, -0.05) is 54.1 Å². The molecule has 0 aliphatic heterocycles. The van der Waals surface area contributed by atoms with Crippen molar-refractivity contribution in [2.75, 3.05) is 6.61 Å². The molecule has 0 aliphatic carbocycles. The van der Waals surface area contributed by atoms with Gasteiger partial charge in [0.25, 0.3) is 0 Å². The van der Waals surface area contributed by atoms with E-state index in [4.69, 9.17) is 4.74 Å². The fourth-order valence-corrected chi connectivity index (χ4v) is 2.91. The lowest BCUT2D eigenvalue weighted by molar-refractivity contribution is 0.0475. The van der Waals surface area contributed by atoms with Crippen molar-refractivity contribution in [2.45, 2.75) is 6.92 Å². The third-order valence-corrected chi connectivity index (χ3v) is 4.57. The Morgan fingerprint density at radius 2 is 1.48 bits per heavy atom. The number of esters is 1. The minimum absolute atomic E-state index is 0.235. The first-order valence-electron chi connectivity index (χ1n) is 9.19. The first-order valence-corrected chi connectivity index (χ1v) is 9.19. The second kappa shape index (κ2) is 8.02. The molecule has 4 rings (SSSR count). The van der Waals surface area contributed by atoms with E-state index in [2.05, 4.69) is 9.97 Å². The van der Waals surface area contributed by atoms with Gasteiger partial charge in [-0.05, 0) is 31.2 Å². The van der Waals surface area contributed by atoms with Gasteiger partial charge < -0.3 is 4.74 Å². The zero-order valence-electron chi connectivity index (χ0n) is 15.8. The summed E-state index contributed by atoms with van der Waals surface area (Å²) in [6.07, 6.45) is 1.70. The molecular formula is C24H18N2O3. The largest absolute Gasteiger partial charge is 0.454 e. The topological polar surface area (TPSA) is 69.2 Å². The van der Waals surface area contributed by atoms with Gasteiger partial charge in [-0.2, -0.15) is 0 Å². The summed E-state index contributed by atoms with van der Waals surface area (Å²) in [6, 6.07) is 21.7. The number of hydrogen-bond donors (Lipinski definition) is 0. The zero-order chi connectivity index (χ0) is 20.2. The molecule has 1 heterocycles. The van der Waals surface area contributed by atoms with E-state index in [0.29, 0.717) is 11.1 Å².